The number of nitrogens with zero attached hydrogens (tertiary/aromatic N) is 2. The second-order valence-corrected chi connectivity index (χ2v) is 4.67. The number of carbonyl (C=O) groups excluding carboxylic acids is 1. The van der Waals surface area contributed by atoms with Crippen molar-refractivity contribution in [3.05, 3.63) is 0 Å². The van der Waals surface area contributed by atoms with E-state index in [1.54, 1.807) is 14.2 Å². The van der Waals surface area contributed by atoms with Gasteiger partial charge in [-0.1, -0.05) is 6.92 Å². The Morgan fingerprint density at radius 1 is 1.50 bits per heavy atom. The van der Waals surface area contributed by atoms with Gasteiger partial charge < -0.3 is 20.3 Å². The van der Waals surface area contributed by atoms with Crippen molar-refractivity contribution >= 4 is 35.8 Å². The van der Waals surface area contributed by atoms with Crippen LogP contribution in [0, 0.1) is 0 Å². The minimum atomic E-state index is 0. The van der Waals surface area contributed by atoms with Crippen molar-refractivity contribution < 1.29 is 9.53 Å². The predicted molar refractivity (Wildman–Crippen MR) is 91.7 cm³/mol. The molecule has 1 aliphatic rings. The minimum Gasteiger partial charge on any atom is -0.385 e. The summed E-state index contributed by atoms with van der Waals surface area (Å²) >= 11 is 0. The molecule has 0 bridgehead atoms. The largest absolute Gasteiger partial charge is 0.385 e. The maximum absolute atomic E-state index is 11.6. The van der Waals surface area contributed by atoms with Gasteiger partial charge in [0.1, 0.15) is 0 Å². The average Bonchev–Trinajstić information content (AvgIpc) is 2.89. The number of rotatable bonds is 6. The van der Waals surface area contributed by atoms with Crippen molar-refractivity contribution in [1.82, 2.24) is 15.5 Å². The number of guanidine groups is 1. The van der Waals surface area contributed by atoms with Crippen molar-refractivity contribution in [1.29, 1.82) is 0 Å². The molecule has 0 radical (unpaired) electrons. The van der Waals surface area contributed by atoms with E-state index in [0.717, 1.165) is 45.0 Å². The lowest BCUT2D eigenvalue weighted by molar-refractivity contribution is -0.129. The second kappa shape index (κ2) is 11.1. The molecule has 0 saturated carbocycles. The standard InChI is InChI=1S/C13H26N4O2.HI/c1-4-12(18)17-8-6-11(10-17)16-13(14-2)15-7-5-9-19-3;/h11H,4-10H2,1-3H3,(H2,14,15,16);1H. The third kappa shape index (κ3) is 6.74. The Labute approximate surface area is 138 Å². The third-order valence-corrected chi connectivity index (χ3v) is 3.23. The summed E-state index contributed by atoms with van der Waals surface area (Å²) in [6.07, 6.45) is 2.50. The van der Waals surface area contributed by atoms with Crippen molar-refractivity contribution in [3.8, 4) is 0 Å². The molecule has 1 heterocycles. The van der Waals surface area contributed by atoms with Crippen molar-refractivity contribution in [2.45, 2.75) is 32.2 Å². The smallest absolute Gasteiger partial charge is 0.222 e. The van der Waals surface area contributed by atoms with Gasteiger partial charge in [-0.25, -0.2) is 0 Å². The molecule has 20 heavy (non-hydrogen) atoms. The molecular formula is C13H27IN4O2. The number of aliphatic imine (C=N–C) groups is 1. The molecule has 1 amide bonds. The van der Waals surface area contributed by atoms with Crippen molar-refractivity contribution in [2.24, 2.45) is 4.99 Å². The van der Waals surface area contributed by atoms with Gasteiger partial charge in [0.2, 0.25) is 5.91 Å². The summed E-state index contributed by atoms with van der Waals surface area (Å²) in [5, 5.41) is 6.60. The molecule has 1 fully saturated rings. The van der Waals surface area contributed by atoms with Gasteiger partial charge in [0.25, 0.3) is 0 Å². The Morgan fingerprint density at radius 2 is 2.25 bits per heavy atom. The van der Waals surface area contributed by atoms with Crippen LogP contribution in [0.25, 0.3) is 0 Å². The zero-order valence-electron chi connectivity index (χ0n) is 12.6. The topological polar surface area (TPSA) is 66.0 Å². The van der Waals surface area contributed by atoms with E-state index in [1.165, 1.54) is 0 Å². The van der Waals surface area contributed by atoms with Crippen LogP contribution in [0.3, 0.4) is 0 Å². The Morgan fingerprint density at radius 3 is 2.85 bits per heavy atom. The number of methoxy groups -OCH3 is 1. The number of ether oxygens (including phenoxy) is 1. The highest BCUT2D eigenvalue weighted by Gasteiger charge is 2.25. The monoisotopic (exact) mass is 398 g/mol. The Hall–Kier alpha value is -0.570. The quantitative estimate of drug-likeness (QED) is 0.301. The molecule has 1 atom stereocenters. The van der Waals surface area contributed by atoms with Crippen molar-refractivity contribution in [3.63, 3.8) is 0 Å². The van der Waals surface area contributed by atoms with Gasteiger partial charge >= 0.3 is 0 Å². The number of hydrogen-bond acceptors (Lipinski definition) is 3. The molecule has 2 N–H and O–H groups in total. The van der Waals surface area contributed by atoms with Crippen LogP contribution >= 0.6 is 24.0 Å². The predicted octanol–water partition coefficient (Wildman–Crippen LogP) is 0.817. The first-order valence-electron chi connectivity index (χ1n) is 6.95. The van der Waals surface area contributed by atoms with Gasteiger partial charge in [-0.05, 0) is 12.8 Å². The summed E-state index contributed by atoms with van der Waals surface area (Å²) in [6, 6.07) is 0.295. The highest BCUT2D eigenvalue weighted by atomic mass is 127. The van der Waals surface area contributed by atoms with Crippen LogP contribution in [-0.2, 0) is 9.53 Å². The van der Waals surface area contributed by atoms with E-state index in [-0.39, 0.29) is 29.9 Å². The summed E-state index contributed by atoms with van der Waals surface area (Å²) in [4.78, 5) is 17.7. The molecule has 0 aliphatic carbocycles. The third-order valence-electron chi connectivity index (χ3n) is 3.23. The molecule has 118 valence electrons. The van der Waals surface area contributed by atoms with Gasteiger partial charge in [0.05, 0.1) is 0 Å². The van der Waals surface area contributed by atoms with Gasteiger partial charge in [-0.15, -0.1) is 24.0 Å². The van der Waals surface area contributed by atoms with E-state index < -0.39 is 0 Å². The second-order valence-electron chi connectivity index (χ2n) is 4.67. The SMILES string of the molecule is CCC(=O)N1CCC(NC(=NC)NCCCOC)C1.I. The highest BCUT2D eigenvalue weighted by molar-refractivity contribution is 14.0. The zero-order valence-corrected chi connectivity index (χ0v) is 15.0. The maximum atomic E-state index is 11.6. The van der Waals surface area contributed by atoms with Crippen molar-refractivity contribution in [2.75, 3.05) is 40.4 Å². The highest BCUT2D eigenvalue weighted by Crippen LogP contribution is 2.10. The van der Waals surface area contributed by atoms with Crippen LogP contribution in [0.1, 0.15) is 26.2 Å². The van der Waals surface area contributed by atoms with Crippen LogP contribution < -0.4 is 10.6 Å². The molecule has 0 aromatic rings. The number of nitrogens with one attached hydrogen (secondary N) is 2. The molecule has 0 spiro atoms. The summed E-state index contributed by atoms with van der Waals surface area (Å²) in [6.45, 7) is 5.08. The van der Waals surface area contributed by atoms with E-state index in [1.807, 2.05) is 11.8 Å². The van der Waals surface area contributed by atoms with Crippen LogP contribution in [-0.4, -0.2) is 63.2 Å². The van der Waals surface area contributed by atoms with Gasteiger partial charge in [0.15, 0.2) is 5.96 Å². The minimum absolute atomic E-state index is 0. The summed E-state index contributed by atoms with van der Waals surface area (Å²) in [7, 11) is 3.46. The Kier molecular flexibility index (Phi) is 10.8. The fourth-order valence-corrected chi connectivity index (χ4v) is 2.14. The summed E-state index contributed by atoms with van der Waals surface area (Å²) in [5.74, 6) is 1.03. The maximum Gasteiger partial charge on any atom is 0.222 e. The molecule has 1 rings (SSSR count). The molecule has 1 aliphatic heterocycles. The molecule has 6 nitrogen and oxygen atoms in total. The number of carbonyl (C=O) groups is 1. The van der Waals surface area contributed by atoms with E-state index in [2.05, 4.69) is 15.6 Å². The Balaban J connectivity index is 0.00000361. The first-order valence-corrected chi connectivity index (χ1v) is 6.95. The van der Waals surface area contributed by atoms with E-state index in [0.29, 0.717) is 12.5 Å². The number of likely N-dealkylation sites (tertiary alicyclic amines) is 1. The molecular weight excluding hydrogens is 371 g/mol. The van der Waals surface area contributed by atoms with Crippen LogP contribution in [0.4, 0.5) is 0 Å². The summed E-state index contributed by atoms with van der Waals surface area (Å²) in [5.41, 5.74) is 0. The fourth-order valence-electron chi connectivity index (χ4n) is 2.14. The lowest BCUT2D eigenvalue weighted by Gasteiger charge is -2.18. The van der Waals surface area contributed by atoms with E-state index in [9.17, 15) is 4.79 Å². The number of hydrogen-bond donors (Lipinski definition) is 2. The first kappa shape index (κ1) is 19.4. The van der Waals surface area contributed by atoms with E-state index in [4.69, 9.17) is 4.74 Å². The van der Waals surface area contributed by atoms with Gasteiger partial charge in [-0.3, -0.25) is 9.79 Å². The summed E-state index contributed by atoms with van der Waals surface area (Å²) < 4.78 is 5.00. The van der Waals surface area contributed by atoms with Crippen LogP contribution in [0.5, 0.6) is 0 Å². The molecule has 0 aromatic carbocycles. The van der Waals surface area contributed by atoms with Crippen LogP contribution in [0.15, 0.2) is 4.99 Å². The zero-order chi connectivity index (χ0) is 14.1. The molecule has 7 heteroatoms. The first-order chi connectivity index (χ1) is 9.21. The fraction of sp³-hybridized carbons (Fsp3) is 0.846. The van der Waals surface area contributed by atoms with Crippen LogP contribution in [0.2, 0.25) is 0 Å². The molecule has 1 unspecified atom stereocenters. The average molecular weight is 398 g/mol. The molecule has 0 aromatic heterocycles. The number of amides is 1. The van der Waals surface area contributed by atoms with Gasteiger partial charge in [-0.2, -0.15) is 0 Å². The normalized spacial score (nSPS) is 18.6. The van der Waals surface area contributed by atoms with Gasteiger partial charge in [0, 0.05) is 52.9 Å². The number of halogens is 1. The lowest BCUT2D eigenvalue weighted by Crippen LogP contribution is -2.45. The van der Waals surface area contributed by atoms with E-state index >= 15 is 0 Å². The Bertz CT molecular complexity index is 313. The molecule has 1 saturated heterocycles. The lowest BCUT2D eigenvalue weighted by atomic mass is 10.3.